The first-order valence-corrected chi connectivity index (χ1v) is 7.21. The third kappa shape index (κ3) is 2.35. The molecule has 0 fully saturated rings. The molecule has 0 atom stereocenters. The van der Waals surface area contributed by atoms with Crippen molar-refractivity contribution in [2.75, 3.05) is 0 Å². The van der Waals surface area contributed by atoms with Gasteiger partial charge in [0.1, 0.15) is 0 Å². The zero-order valence-corrected chi connectivity index (χ0v) is 12.6. The van der Waals surface area contributed by atoms with Gasteiger partial charge in [-0.1, -0.05) is 55.1 Å². The predicted octanol–water partition coefficient (Wildman–Crippen LogP) is 5.48. The molecule has 1 nitrogen and oxygen atoms in total. The van der Waals surface area contributed by atoms with Crippen LogP contribution < -0.4 is 0 Å². The maximum Gasteiger partial charge on any atom is 0.150 e. The summed E-state index contributed by atoms with van der Waals surface area (Å²) >= 11 is 0. The van der Waals surface area contributed by atoms with E-state index >= 15 is 0 Å². The van der Waals surface area contributed by atoms with E-state index in [1.165, 1.54) is 10.8 Å². The van der Waals surface area contributed by atoms with Crippen LogP contribution in [0.15, 0.2) is 61.2 Å². The van der Waals surface area contributed by atoms with E-state index in [4.69, 9.17) is 0 Å². The van der Waals surface area contributed by atoms with Crippen LogP contribution in [0.3, 0.4) is 0 Å². The lowest BCUT2D eigenvalue weighted by molar-refractivity contribution is 0.112. The van der Waals surface area contributed by atoms with E-state index in [0.29, 0.717) is 11.1 Å². The van der Waals surface area contributed by atoms with Gasteiger partial charge >= 0.3 is 0 Å². The molecule has 1 heteroatoms. The molecule has 0 spiro atoms. The maximum absolute atomic E-state index is 11.5. The highest BCUT2D eigenvalue weighted by molar-refractivity contribution is 5.98. The molecular formula is C21H17O. The standard InChI is InChI=1S/C21H17O/c1-14(2)21-15(3)11-17(12-18(21)13-22)20-10-6-8-16-7-4-5-9-19(16)20/h4-13H,1-2H2,3H3. The summed E-state index contributed by atoms with van der Waals surface area (Å²) in [6, 6.07) is 18.5. The average Bonchev–Trinajstić information content (AvgIpc) is 2.53. The number of hydrogen-bond acceptors (Lipinski definition) is 1. The smallest absolute Gasteiger partial charge is 0.150 e. The molecule has 0 heterocycles. The molecule has 0 aliphatic heterocycles. The largest absolute Gasteiger partial charge is 0.298 e. The van der Waals surface area contributed by atoms with Crippen molar-refractivity contribution < 1.29 is 4.79 Å². The number of carbonyl (C=O) groups excluding carboxylic acids is 1. The number of hydrogen-bond donors (Lipinski definition) is 0. The molecule has 3 rings (SSSR count). The van der Waals surface area contributed by atoms with Crippen molar-refractivity contribution in [2.45, 2.75) is 6.92 Å². The summed E-state index contributed by atoms with van der Waals surface area (Å²) in [7, 11) is 0. The summed E-state index contributed by atoms with van der Waals surface area (Å²) in [6.45, 7) is 9.75. The number of benzene rings is 3. The van der Waals surface area contributed by atoms with E-state index in [1.807, 2.05) is 31.2 Å². The van der Waals surface area contributed by atoms with Gasteiger partial charge in [-0.2, -0.15) is 0 Å². The molecule has 0 saturated carbocycles. The van der Waals surface area contributed by atoms with Gasteiger partial charge < -0.3 is 0 Å². The van der Waals surface area contributed by atoms with Gasteiger partial charge in [0.15, 0.2) is 6.29 Å². The zero-order valence-electron chi connectivity index (χ0n) is 12.6. The quantitative estimate of drug-likeness (QED) is 0.583. The number of aryl methyl sites for hydroxylation is 1. The first kappa shape index (κ1) is 14.3. The second kappa shape index (κ2) is 5.61. The minimum atomic E-state index is 0.642. The van der Waals surface area contributed by atoms with E-state index < -0.39 is 0 Å². The van der Waals surface area contributed by atoms with Crippen molar-refractivity contribution in [1.29, 1.82) is 0 Å². The van der Waals surface area contributed by atoms with Crippen LogP contribution in [-0.2, 0) is 0 Å². The minimum absolute atomic E-state index is 0.642. The van der Waals surface area contributed by atoms with Gasteiger partial charge in [-0.25, -0.2) is 0 Å². The van der Waals surface area contributed by atoms with Crippen LogP contribution in [0.2, 0.25) is 0 Å². The molecule has 1 radical (unpaired) electrons. The van der Waals surface area contributed by atoms with Crippen molar-refractivity contribution >= 4 is 22.6 Å². The summed E-state index contributed by atoms with van der Waals surface area (Å²) in [5.74, 6) is 0. The van der Waals surface area contributed by atoms with Crippen LogP contribution in [0.25, 0.3) is 27.5 Å². The van der Waals surface area contributed by atoms with Gasteiger partial charge in [0.05, 0.1) is 0 Å². The molecular weight excluding hydrogens is 268 g/mol. The Morgan fingerprint density at radius 1 is 1.05 bits per heavy atom. The molecule has 3 aromatic rings. The lowest BCUT2D eigenvalue weighted by atomic mass is 9.90. The van der Waals surface area contributed by atoms with Crippen LogP contribution in [0.5, 0.6) is 0 Å². The monoisotopic (exact) mass is 285 g/mol. The van der Waals surface area contributed by atoms with Crippen LogP contribution in [0, 0.1) is 13.8 Å². The number of allylic oxidation sites excluding steroid dienone is 1. The third-order valence-corrected chi connectivity index (χ3v) is 3.95. The molecule has 3 aromatic carbocycles. The summed E-state index contributed by atoms with van der Waals surface area (Å²) < 4.78 is 0. The summed E-state index contributed by atoms with van der Waals surface area (Å²) in [4.78, 5) is 11.5. The maximum atomic E-state index is 11.5. The number of fused-ring (bicyclic) bond motifs is 1. The van der Waals surface area contributed by atoms with E-state index in [0.717, 1.165) is 28.5 Å². The van der Waals surface area contributed by atoms with Crippen LogP contribution in [-0.4, -0.2) is 6.29 Å². The molecule has 0 saturated heterocycles. The number of carbonyl (C=O) groups is 1. The highest BCUT2D eigenvalue weighted by Crippen LogP contribution is 2.32. The Kier molecular flexibility index (Phi) is 3.64. The molecule has 0 amide bonds. The second-order valence-electron chi connectivity index (χ2n) is 5.51. The molecule has 107 valence electrons. The van der Waals surface area contributed by atoms with Crippen LogP contribution >= 0.6 is 0 Å². The van der Waals surface area contributed by atoms with Crippen molar-refractivity contribution in [2.24, 2.45) is 0 Å². The molecule has 0 aromatic heterocycles. The number of rotatable bonds is 3. The SMILES string of the molecule is [CH2]C(=C)c1c(C)cc(-c2cccc3ccccc23)cc1C=O. The fraction of sp³-hybridized carbons (Fsp3) is 0.0476. The third-order valence-electron chi connectivity index (χ3n) is 3.95. The topological polar surface area (TPSA) is 17.1 Å². The van der Waals surface area contributed by atoms with Crippen molar-refractivity contribution in [3.05, 3.63) is 84.8 Å². The molecule has 0 aliphatic rings. The van der Waals surface area contributed by atoms with E-state index in [2.05, 4.69) is 43.8 Å². The Balaban J connectivity index is 2.30. The van der Waals surface area contributed by atoms with Crippen LogP contribution in [0.4, 0.5) is 0 Å². The van der Waals surface area contributed by atoms with Gasteiger partial charge in [0.25, 0.3) is 0 Å². The van der Waals surface area contributed by atoms with Crippen molar-refractivity contribution in [3.8, 4) is 11.1 Å². The number of aldehydes is 1. The lowest BCUT2D eigenvalue weighted by Gasteiger charge is -2.13. The Morgan fingerprint density at radius 3 is 2.50 bits per heavy atom. The fourth-order valence-corrected chi connectivity index (χ4v) is 3.02. The molecule has 0 N–H and O–H groups in total. The highest BCUT2D eigenvalue weighted by atomic mass is 16.1. The Hall–Kier alpha value is -2.67. The first-order valence-electron chi connectivity index (χ1n) is 7.21. The Labute approximate surface area is 130 Å². The van der Waals surface area contributed by atoms with Gasteiger partial charge in [-0.05, 0) is 58.5 Å². The fourth-order valence-electron chi connectivity index (χ4n) is 3.02. The minimum Gasteiger partial charge on any atom is -0.298 e. The second-order valence-corrected chi connectivity index (χ2v) is 5.51. The lowest BCUT2D eigenvalue weighted by Crippen LogP contribution is -1.95. The van der Waals surface area contributed by atoms with Crippen molar-refractivity contribution in [3.63, 3.8) is 0 Å². The Morgan fingerprint density at radius 2 is 1.77 bits per heavy atom. The first-order chi connectivity index (χ1) is 10.6. The molecule has 22 heavy (non-hydrogen) atoms. The van der Waals surface area contributed by atoms with Gasteiger partial charge in [0.2, 0.25) is 0 Å². The molecule has 0 unspecified atom stereocenters. The predicted molar refractivity (Wildman–Crippen MR) is 93.9 cm³/mol. The van der Waals surface area contributed by atoms with Gasteiger partial charge in [-0.3, -0.25) is 4.79 Å². The van der Waals surface area contributed by atoms with Crippen molar-refractivity contribution in [1.82, 2.24) is 0 Å². The molecule has 0 bridgehead atoms. The van der Waals surface area contributed by atoms with Gasteiger partial charge in [0, 0.05) is 5.56 Å². The summed E-state index contributed by atoms with van der Waals surface area (Å²) in [5, 5.41) is 2.37. The van der Waals surface area contributed by atoms with E-state index in [1.54, 1.807) is 0 Å². The Bertz CT molecular complexity index is 882. The highest BCUT2D eigenvalue weighted by Gasteiger charge is 2.11. The van der Waals surface area contributed by atoms with E-state index in [9.17, 15) is 4.79 Å². The summed E-state index contributed by atoms with van der Waals surface area (Å²) in [6.07, 6.45) is 0.882. The zero-order chi connectivity index (χ0) is 15.7. The van der Waals surface area contributed by atoms with Gasteiger partial charge in [-0.15, -0.1) is 0 Å². The van der Waals surface area contributed by atoms with Crippen LogP contribution in [0.1, 0.15) is 21.5 Å². The van der Waals surface area contributed by atoms with E-state index in [-0.39, 0.29) is 0 Å². The average molecular weight is 285 g/mol. The summed E-state index contributed by atoms with van der Waals surface area (Å²) in [5.41, 5.74) is 5.35. The normalized spacial score (nSPS) is 10.6. The molecule has 0 aliphatic carbocycles.